The highest BCUT2D eigenvalue weighted by Crippen LogP contribution is 2.21. The zero-order chi connectivity index (χ0) is 19.9. The van der Waals surface area contributed by atoms with Crippen molar-refractivity contribution in [1.29, 1.82) is 5.26 Å². The van der Waals surface area contributed by atoms with E-state index in [4.69, 9.17) is 4.74 Å². The Morgan fingerprint density at radius 3 is 2.82 bits per heavy atom. The van der Waals surface area contributed by atoms with E-state index < -0.39 is 5.91 Å². The molecular formula is C19H17N5O2S2. The minimum Gasteiger partial charge on any atom is -0.494 e. The van der Waals surface area contributed by atoms with Crippen LogP contribution in [0.2, 0.25) is 0 Å². The fourth-order valence-electron chi connectivity index (χ4n) is 2.42. The number of amides is 1. The summed E-state index contributed by atoms with van der Waals surface area (Å²) in [6, 6.07) is 13.2. The van der Waals surface area contributed by atoms with Crippen LogP contribution in [0.5, 0.6) is 5.75 Å². The van der Waals surface area contributed by atoms with E-state index in [2.05, 4.69) is 14.7 Å². The molecule has 0 saturated carbocycles. The summed E-state index contributed by atoms with van der Waals surface area (Å²) in [5.74, 6) is 0.264. The number of aromatic nitrogens is 3. The lowest BCUT2D eigenvalue weighted by molar-refractivity contribution is -0.112. The van der Waals surface area contributed by atoms with Gasteiger partial charge in [0.2, 0.25) is 10.3 Å². The summed E-state index contributed by atoms with van der Waals surface area (Å²) in [5.41, 5.74) is 1.58. The van der Waals surface area contributed by atoms with Gasteiger partial charge < -0.3 is 9.30 Å². The molecule has 1 aromatic carbocycles. The number of nitrogens with one attached hydrogen (secondary N) is 1. The molecule has 0 spiro atoms. The first kappa shape index (κ1) is 19.7. The Bertz CT molecular complexity index is 1030. The summed E-state index contributed by atoms with van der Waals surface area (Å²) in [6.45, 7) is 2.53. The summed E-state index contributed by atoms with van der Waals surface area (Å²) in [6.07, 6.45) is 5.26. The maximum atomic E-state index is 12.4. The van der Waals surface area contributed by atoms with Gasteiger partial charge in [0, 0.05) is 29.1 Å². The molecule has 0 atom stereocenters. The van der Waals surface area contributed by atoms with Gasteiger partial charge in [-0.25, -0.2) is 0 Å². The number of thioether (sulfide) groups is 1. The number of benzene rings is 1. The van der Waals surface area contributed by atoms with Gasteiger partial charge in [0.25, 0.3) is 5.91 Å². The van der Waals surface area contributed by atoms with Gasteiger partial charge in [-0.05, 0) is 55.7 Å². The average molecular weight is 412 g/mol. The van der Waals surface area contributed by atoms with Gasteiger partial charge in [-0.3, -0.25) is 10.1 Å². The van der Waals surface area contributed by atoms with Gasteiger partial charge in [0.05, 0.1) is 6.61 Å². The number of hydrogen-bond acceptors (Lipinski definition) is 7. The number of nitrogens with zero attached hydrogens (tertiary/aromatic N) is 4. The monoisotopic (exact) mass is 411 g/mol. The summed E-state index contributed by atoms with van der Waals surface area (Å²) >= 11 is 2.46. The van der Waals surface area contributed by atoms with E-state index in [1.165, 1.54) is 11.8 Å². The van der Waals surface area contributed by atoms with Crippen LogP contribution in [0.25, 0.3) is 11.8 Å². The van der Waals surface area contributed by atoms with Crippen LogP contribution in [-0.2, 0) is 4.79 Å². The minimum absolute atomic E-state index is 0.0215. The van der Waals surface area contributed by atoms with Crippen molar-refractivity contribution in [2.24, 2.45) is 0 Å². The molecule has 0 aliphatic heterocycles. The maximum Gasteiger partial charge on any atom is 0.268 e. The Hall–Kier alpha value is -3.09. The maximum absolute atomic E-state index is 12.4. The van der Waals surface area contributed by atoms with Gasteiger partial charge in [0.1, 0.15) is 17.4 Å². The predicted molar refractivity (Wildman–Crippen MR) is 111 cm³/mol. The quantitative estimate of drug-likeness (QED) is 0.359. The van der Waals surface area contributed by atoms with Gasteiger partial charge >= 0.3 is 0 Å². The van der Waals surface area contributed by atoms with Crippen LogP contribution in [0, 0.1) is 11.3 Å². The Morgan fingerprint density at radius 2 is 2.18 bits per heavy atom. The van der Waals surface area contributed by atoms with Crippen molar-refractivity contribution >= 4 is 40.4 Å². The summed E-state index contributed by atoms with van der Waals surface area (Å²) < 4.78 is 11.4. The lowest BCUT2D eigenvalue weighted by Gasteiger charge is -2.09. The highest BCUT2D eigenvalue weighted by molar-refractivity contribution is 7.98. The molecule has 2 heterocycles. The number of rotatable bonds is 7. The molecule has 0 aliphatic rings. The zero-order valence-corrected chi connectivity index (χ0v) is 16.9. The second-order valence-corrected chi connectivity index (χ2v) is 6.97. The van der Waals surface area contributed by atoms with Gasteiger partial charge in [-0.1, -0.05) is 11.8 Å². The smallest absolute Gasteiger partial charge is 0.268 e. The minimum atomic E-state index is -0.522. The van der Waals surface area contributed by atoms with Crippen LogP contribution in [0.1, 0.15) is 12.6 Å². The molecule has 0 bridgehead atoms. The molecule has 3 rings (SSSR count). The van der Waals surface area contributed by atoms with Crippen LogP contribution >= 0.6 is 23.3 Å². The van der Waals surface area contributed by atoms with Gasteiger partial charge in [-0.15, -0.1) is 0 Å². The SMILES string of the molecule is CCOc1ccc(-n2cccc2/C=C(/C#N)C(=O)Nc2nc(SC)ns2)cc1. The van der Waals surface area contributed by atoms with Crippen molar-refractivity contribution in [2.45, 2.75) is 12.1 Å². The third-order valence-electron chi connectivity index (χ3n) is 3.67. The summed E-state index contributed by atoms with van der Waals surface area (Å²) in [7, 11) is 0. The molecule has 28 heavy (non-hydrogen) atoms. The standard InChI is InChI=1S/C19H17N5O2S2/c1-3-26-16-8-6-14(7-9-16)24-10-4-5-15(24)11-13(12-20)17(25)21-18-22-19(27-2)23-28-18/h4-11H,3H2,1-2H3,(H,21,22,23,25)/b13-11-. The molecule has 3 aromatic rings. The van der Waals surface area contributed by atoms with Crippen molar-refractivity contribution in [1.82, 2.24) is 13.9 Å². The fraction of sp³-hybridized carbons (Fsp3) is 0.158. The van der Waals surface area contributed by atoms with Crippen molar-refractivity contribution in [2.75, 3.05) is 18.2 Å². The normalized spacial score (nSPS) is 11.1. The van der Waals surface area contributed by atoms with Crippen LogP contribution in [0.4, 0.5) is 5.13 Å². The lowest BCUT2D eigenvalue weighted by atomic mass is 10.2. The molecule has 0 radical (unpaired) electrons. The largest absolute Gasteiger partial charge is 0.494 e. The Morgan fingerprint density at radius 1 is 1.39 bits per heavy atom. The van der Waals surface area contributed by atoms with E-state index in [0.717, 1.165) is 23.0 Å². The van der Waals surface area contributed by atoms with E-state index in [0.29, 0.717) is 22.6 Å². The molecule has 0 aliphatic carbocycles. The van der Waals surface area contributed by atoms with E-state index in [-0.39, 0.29) is 5.57 Å². The summed E-state index contributed by atoms with van der Waals surface area (Å²) in [4.78, 5) is 16.6. The first-order valence-electron chi connectivity index (χ1n) is 8.36. The van der Waals surface area contributed by atoms with Gasteiger partial charge in [0.15, 0.2) is 0 Å². The number of ether oxygens (including phenoxy) is 1. The van der Waals surface area contributed by atoms with Crippen molar-refractivity contribution in [3.8, 4) is 17.5 Å². The first-order valence-corrected chi connectivity index (χ1v) is 10.4. The number of carbonyl (C=O) groups excluding carboxylic acids is 1. The number of hydrogen-bond donors (Lipinski definition) is 1. The van der Waals surface area contributed by atoms with E-state index in [9.17, 15) is 10.1 Å². The van der Waals surface area contributed by atoms with Crippen LogP contribution in [0.3, 0.4) is 0 Å². The number of anilines is 1. The molecule has 7 nitrogen and oxygen atoms in total. The highest BCUT2D eigenvalue weighted by atomic mass is 32.2. The fourth-order valence-corrected chi connectivity index (χ4v) is 3.54. The Balaban J connectivity index is 1.82. The van der Waals surface area contributed by atoms with E-state index >= 15 is 0 Å². The number of nitriles is 1. The molecule has 142 valence electrons. The van der Waals surface area contributed by atoms with E-state index in [1.807, 2.05) is 66.4 Å². The molecule has 9 heteroatoms. The molecular weight excluding hydrogens is 394 g/mol. The molecule has 2 aromatic heterocycles. The van der Waals surface area contributed by atoms with Crippen molar-refractivity contribution < 1.29 is 9.53 Å². The second kappa shape index (κ2) is 9.21. The topological polar surface area (TPSA) is 92.8 Å². The summed E-state index contributed by atoms with van der Waals surface area (Å²) in [5, 5.41) is 13.0. The van der Waals surface area contributed by atoms with E-state index in [1.54, 1.807) is 6.08 Å². The van der Waals surface area contributed by atoms with Crippen molar-refractivity contribution in [3.63, 3.8) is 0 Å². The van der Waals surface area contributed by atoms with Crippen LogP contribution in [-0.4, -0.2) is 32.7 Å². The molecule has 0 fully saturated rings. The third kappa shape index (κ3) is 4.60. The van der Waals surface area contributed by atoms with Gasteiger partial charge in [-0.2, -0.15) is 14.6 Å². The zero-order valence-electron chi connectivity index (χ0n) is 15.2. The number of carbonyl (C=O) groups is 1. The molecule has 1 amide bonds. The molecule has 1 N–H and O–H groups in total. The Kier molecular flexibility index (Phi) is 6.47. The van der Waals surface area contributed by atoms with Crippen LogP contribution < -0.4 is 10.1 Å². The molecule has 0 unspecified atom stereocenters. The molecule has 0 saturated heterocycles. The Labute approximate surface area is 170 Å². The highest BCUT2D eigenvalue weighted by Gasteiger charge is 2.14. The predicted octanol–water partition coefficient (Wildman–Crippen LogP) is 4.00. The lowest BCUT2D eigenvalue weighted by Crippen LogP contribution is -2.13. The third-order valence-corrected chi connectivity index (χ3v) is 4.97. The second-order valence-electron chi connectivity index (χ2n) is 5.44. The first-order chi connectivity index (χ1) is 13.6. The van der Waals surface area contributed by atoms with Crippen LogP contribution in [0.15, 0.2) is 53.3 Å². The average Bonchev–Trinajstić information content (AvgIpc) is 3.36. The van der Waals surface area contributed by atoms with Crippen molar-refractivity contribution in [3.05, 3.63) is 53.9 Å².